The molecule has 5 unspecified atom stereocenters. The summed E-state index contributed by atoms with van der Waals surface area (Å²) in [7, 11) is -19.9. The molecule has 0 spiro atoms. The molecule has 0 saturated carbocycles. The van der Waals surface area contributed by atoms with Crippen LogP contribution in [0.15, 0.2) is 45.6 Å². The van der Waals surface area contributed by atoms with Gasteiger partial charge in [0.15, 0.2) is 30.2 Å². The Morgan fingerprint density at radius 1 is 0.857 bits per heavy atom. The Balaban J connectivity index is 0.948. The summed E-state index contributed by atoms with van der Waals surface area (Å²) in [6.07, 6.45) is -14.3. The molecule has 5 aromatic heterocycles. The Labute approximate surface area is 428 Å². The fourth-order valence-corrected chi connectivity index (χ4v) is 13.1. The number of methoxy groups -OCH3 is 1. The highest BCUT2D eigenvalue weighted by Gasteiger charge is 2.53. The van der Waals surface area contributed by atoms with E-state index < -0.39 is 147 Å². The number of nitrogens with one attached hydrogen (secondary N) is 3. The highest BCUT2D eigenvalue weighted by molar-refractivity contribution is 7.66. The summed E-state index contributed by atoms with van der Waals surface area (Å²) in [6, 6.07) is 0.911. The van der Waals surface area contributed by atoms with Gasteiger partial charge in [0.05, 0.1) is 39.3 Å². The number of amides is 1. The Morgan fingerprint density at radius 3 is 2.18 bits per heavy atom. The van der Waals surface area contributed by atoms with Crippen LogP contribution in [-0.4, -0.2) is 162 Å². The third-order valence-corrected chi connectivity index (χ3v) is 17.3. The molecule has 16 atom stereocenters. The lowest BCUT2D eigenvalue weighted by Crippen LogP contribution is -2.45. The Hall–Kier alpha value is -5.11. The number of aliphatic hydroxyl groups is 3. The Bertz CT molecular complexity index is 3390. The molecular formula is C35H49N13O25P4. The average molecular weight is 1180 g/mol. The lowest BCUT2D eigenvalue weighted by atomic mass is 9.93. The third kappa shape index (κ3) is 12.7. The number of phosphoric acid groups is 4. The van der Waals surface area contributed by atoms with Gasteiger partial charge in [0.2, 0.25) is 17.7 Å². The topological polar surface area (TPSA) is 539 Å². The van der Waals surface area contributed by atoms with Gasteiger partial charge in [0, 0.05) is 38.8 Å². The first kappa shape index (κ1) is 58.0. The maximum atomic E-state index is 13.5. The summed E-state index contributed by atoms with van der Waals surface area (Å²) >= 11 is 0. The molecule has 3 aliphatic rings. The van der Waals surface area contributed by atoms with Crippen LogP contribution in [0.5, 0.6) is 0 Å². The van der Waals surface area contributed by atoms with E-state index in [2.05, 4.69) is 38.9 Å². The van der Waals surface area contributed by atoms with Crippen molar-refractivity contribution in [3.05, 3.63) is 62.4 Å². The number of hydrogen-bond donors (Lipinski definition) is 11. The van der Waals surface area contributed by atoms with Gasteiger partial charge in [-0.05, 0) is 6.42 Å². The smallest absolute Gasteiger partial charge is 0.490 e. The first-order valence-electron chi connectivity index (χ1n) is 22.2. The van der Waals surface area contributed by atoms with Crippen molar-refractivity contribution in [3.8, 4) is 0 Å². The van der Waals surface area contributed by atoms with Crippen molar-refractivity contribution in [1.82, 2.24) is 48.9 Å². The number of carbonyl (C=O) groups excluding carboxylic acids is 1. The highest BCUT2D eigenvalue weighted by atomic mass is 31.3. The van der Waals surface area contributed by atoms with E-state index in [1.54, 1.807) is 0 Å². The second-order valence-electron chi connectivity index (χ2n) is 17.1. The number of hydrogen-bond acceptors (Lipinski definition) is 28. The number of imidazole rings is 2. The average Bonchev–Trinajstić information content (AvgIpc) is 4.18. The molecule has 0 bridgehead atoms. The summed E-state index contributed by atoms with van der Waals surface area (Å²) in [5.41, 5.74) is 9.13. The fourth-order valence-electron chi connectivity index (χ4n) is 8.65. The maximum Gasteiger partial charge on any atom is 0.490 e. The van der Waals surface area contributed by atoms with Gasteiger partial charge in [-0.1, -0.05) is 4.98 Å². The van der Waals surface area contributed by atoms with E-state index in [4.69, 9.17) is 48.5 Å². The molecule has 1 amide bonds. The maximum absolute atomic E-state index is 13.5. The summed E-state index contributed by atoms with van der Waals surface area (Å²) in [5.74, 6) is -1.97. The number of phosphoric ester groups is 3. The van der Waals surface area contributed by atoms with Gasteiger partial charge in [0.25, 0.3) is 24.9 Å². The van der Waals surface area contributed by atoms with Gasteiger partial charge in [-0.2, -0.15) is 8.62 Å². The van der Waals surface area contributed by atoms with E-state index in [0.717, 1.165) is 32.0 Å². The highest BCUT2D eigenvalue weighted by Crippen LogP contribution is 2.68. The van der Waals surface area contributed by atoms with Crippen molar-refractivity contribution in [1.29, 1.82) is 0 Å². The molecule has 5 aromatic rings. The molecule has 8 heterocycles. The molecule has 3 saturated heterocycles. The van der Waals surface area contributed by atoms with E-state index in [1.807, 2.05) is 4.98 Å². The molecule has 0 aliphatic carbocycles. The van der Waals surface area contributed by atoms with Crippen molar-refractivity contribution in [3.63, 3.8) is 0 Å². The molecule has 38 nitrogen and oxygen atoms in total. The molecule has 424 valence electrons. The predicted octanol–water partition coefficient (Wildman–Crippen LogP) is -4.73. The minimum Gasteiger partial charge on any atom is -0.756 e. The van der Waals surface area contributed by atoms with Gasteiger partial charge < -0.3 is 79.7 Å². The van der Waals surface area contributed by atoms with Crippen molar-refractivity contribution in [2.45, 2.75) is 80.4 Å². The van der Waals surface area contributed by atoms with Crippen LogP contribution in [0.2, 0.25) is 0 Å². The van der Waals surface area contributed by atoms with Crippen molar-refractivity contribution >= 4 is 71.3 Å². The molecule has 77 heavy (non-hydrogen) atoms. The zero-order chi connectivity index (χ0) is 56.1. The molecular weight excluding hydrogens is 1130 g/mol. The molecule has 3 fully saturated rings. The zero-order valence-electron chi connectivity index (χ0n) is 39.8. The van der Waals surface area contributed by atoms with E-state index in [9.17, 15) is 72.3 Å². The lowest BCUT2D eigenvalue weighted by molar-refractivity contribution is -0.745. The molecule has 0 aromatic carbocycles. The number of aryl methyl sites for hydroxylation is 1. The lowest BCUT2D eigenvalue weighted by Gasteiger charge is -2.31. The number of rotatable bonds is 22. The second kappa shape index (κ2) is 22.6. The van der Waals surface area contributed by atoms with E-state index in [-0.39, 0.29) is 46.9 Å². The number of carbonyl (C=O) groups is 1. The SMILES string of the molecule is CNC(=O)CC[C@@H]1[C@@H](COP(=O)(O)OP(=O)(O)OP(=O)(O)OC[C@H]2O[C@@H](n3cnc4c(N)ncnc43)[C@H](OC)[C@@H]2OP(=O)([O-])OC[C@H]2O[C@@H](n3ccc(=O)[nH]c3=O)[C@H](O)[C@@H]2O)OC([n+]2cn(C)c3c(=O)[nH]c(N)nc32)[C@@H]1O. The van der Waals surface area contributed by atoms with Crippen LogP contribution in [0.25, 0.3) is 22.3 Å². The molecule has 3 aliphatic heterocycles. The first-order valence-corrected chi connectivity index (χ1v) is 28.1. The van der Waals surface area contributed by atoms with Crippen molar-refractivity contribution in [2.24, 2.45) is 13.0 Å². The number of nitrogens with zero attached hydrogens (tertiary/aromatic N) is 8. The number of H-pyrrole nitrogens is 2. The minimum absolute atomic E-state index is 0.00188. The van der Waals surface area contributed by atoms with Gasteiger partial charge in [0.1, 0.15) is 54.6 Å². The quantitative estimate of drug-likeness (QED) is 0.0229. The Morgan fingerprint density at radius 2 is 1.52 bits per heavy atom. The third-order valence-electron chi connectivity index (χ3n) is 12.1. The number of nitrogens with two attached hydrogens (primary N) is 2. The number of aliphatic hydroxyl groups excluding tert-OH is 3. The zero-order valence-corrected chi connectivity index (χ0v) is 43.4. The van der Waals surface area contributed by atoms with Gasteiger partial charge in [-0.25, -0.2) is 38.0 Å². The first-order chi connectivity index (χ1) is 36.1. The number of nitrogen functional groups attached to an aromatic ring is 2. The normalized spacial score (nSPS) is 29.8. The second-order valence-corrected chi connectivity index (χ2v) is 23.1. The summed E-state index contributed by atoms with van der Waals surface area (Å²) in [5, 5.41) is 35.1. The largest absolute Gasteiger partial charge is 0.756 e. The summed E-state index contributed by atoms with van der Waals surface area (Å²) < 4.78 is 109. The molecule has 42 heteroatoms. The predicted molar refractivity (Wildman–Crippen MR) is 246 cm³/mol. The number of aromatic nitrogens is 10. The number of anilines is 2. The van der Waals surface area contributed by atoms with E-state index in [0.29, 0.717) is 4.57 Å². The monoisotopic (exact) mass is 1180 g/mol. The standard InChI is InChI=1S/C35H49N13O25P4/c1-38-18(49)5-4-14-15(68-31(22(14)51)48-13-45(2)21-29(48)43-34(37)44-30(21)54)8-66-75(58,59)72-77(62,63)73-76(60,61)67-10-17-25(26(64-3)33(70-17)47-12-41-20-27(36)39-11-40-28(20)47)71-74(56,57)65-9-16-23(52)24(53)32(69-16)46-7-6-19(50)42-35(46)55/h6-7,11-17,22-26,31-33,51-53H,4-5,8-10H2,1-3H3,(H10-,36,37,38,39,40,42,43,44,49,50,54,55,56,57,58,59,60,61,62,63)/t14-,15-,16-,17-,22-,23-,24-,25-,26-,31?,32-,33-/m1/s1. The Kier molecular flexibility index (Phi) is 17.0. The molecule has 0 radical (unpaired) electrons. The van der Waals surface area contributed by atoms with Gasteiger partial charge in [-0.15, -0.1) is 0 Å². The van der Waals surface area contributed by atoms with Crippen molar-refractivity contribution in [2.75, 3.05) is 45.4 Å². The van der Waals surface area contributed by atoms with Crippen LogP contribution in [0.4, 0.5) is 11.8 Å². The summed E-state index contributed by atoms with van der Waals surface area (Å²) in [4.78, 5) is 114. The summed E-state index contributed by atoms with van der Waals surface area (Å²) in [6.45, 7) is -3.40. The molecule has 13 N–H and O–H groups in total. The number of aromatic amines is 2. The van der Waals surface area contributed by atoms with Crippen LogP contribution >= 0.6 is 31.3 Å². The van der Waals surface area contributed by atoms with Gasteiger partial charge in [-0.3, -0.25) is 51.7 Å². The molecule has 8 rings (SSSR count). The van der Waals surface area contributed by atoms with E-state index in [1.165, 1.54) is 34.1 Å². The van der Waals surface area contributed by atoms with Crippen LogP contribution in [-0.2, 0) is 75.8 Å². The van der Waals surface area contributed by atoms with E-state index >= 15 is 0 Å². The number of ether oxygens (including phenoxy) is 4. The fraction of sp³-hybridized carbons (Fsp3) is 0.571. The minimum atomic E-state index is -6.23. The van der Waals surface area contributed by atoms with Crippen LogP contribution in [0, 0.1) is 5.92 Å². The van der Waals surface area contributed by atoms with Gasteiger partial charge >= 0.3 is 34.8 Å². The van der Waals surface area contributed by atoms with Crippen LogP contribution in [0.1, 0.15) is 31.5 Å². The van der Waals surface area contributed by atoms with Crippen LogP contribution in [0.3, 0.4) is 0 Å². The number of fused-ring (bicyclic) bond motifs is 2. The van der Waals surface area contributed by atoms with Crippen LogP contribution < -0.4 is 43.1 Å². The van der Waals surface area contributed by atoms with Crippen molar-refractivity contribution < 1.29 is 108 Å².